The topological polar surface area (TPSA) is 111 Å². The SMILES string of the molecule is CN(Cc1cccc(O)c1O)c1nnc(N)[nH]1. The molecule has 0 saturated carbocycles. The Morgan fingerprint density at radius 1 is 1.35 bits per heavy atom. The molecule has 7 heteroatoms. The first-order valence-corrected chi connectivity index (χ1v) is 4.97. The molecule has 0 spiro atoms. The van der Waals surface area contributed by atoms with Crippen molar-refractivity contribution in [3.63, 3.8) is 0 Å². The van der Waals surface area contributed by atoms with E-state index in [1.54, 1.807) is 24.1 Å². The van der Waals surface area contributed by atoms with Crippen molar-refractivity contribution >= 4 is 11.9 Å². The minimum atomic E-state index is -0.145. The second-order valence-electron chi connectivity index (χ2n) is 3.67. The molecule has 0 radical (unpaired) electrons. The predicted octanol–water partition coefficient (Wildman–Crippen LogP) is 0.434. The Morgan fingerprint density at radius 2 is 2.12 bits per heavy atom. The summed E-state index contributed by atoms with van der Waals surface area (Å²) in [5.41, 5.74) is 6.00. The number of nitrogens with one attached hydrogen (secondary N) is 1. The summed E-state index contributed by atoms with van der Waals surface area (Å²) >= 11 is 0. The molecule has 0 atom stereocenters. The maximum Gasteiger partial charge on any atom is 0.226 e. The molecule has 0 amide bonds. The summed E-state index contributed by atoms with van der Waals surface area (Å²) in [6.45, 7) is 0.370. The molecule has 2 rings (SSSR count). The summed E-state index contributed by atoms with van der Waals surface area (Å²) in [7, 11) is 1.77. The molecule has 0 aliphatic carbocycles. The summed E-state index contributed by atoms with van der Waals surface area (Å²) in [6, 6.07) is 4.80. The Balaban J connectivity index is 2.18. The van der Waals surface area contributed by atoms with E-state index in [-0.39, 0.29) is 17.4 Å². The van der Waals surface area contributed by atoms with Crippen molar-refractivity contribution in [2.24, 2.45) is 0 Å². The number of benzene rings is 1. The molecule has 1 aromatic heterocycles. The summed E-state index contributed by atoms with van der Waals surface area (Å²) in [5.74, 6) is 0.442. The van der Waals surface area contributed by atoms with E-state index in [4.69, 9.17) is 5.73 Å². The second kappa shape index (κ2) is 4.20. The lowest BCUT2D eigenvalue weighted by Gasteiger charge is -2.16. The normalized spacial score (nSPS) is 10.4. The number of aromatic hydroxyl groups is 2. The molecular weight excluding hydrogens is 222 g/mol. The number of aromatic nitrogens is 3. The van der Waals surface area contributed by atoms with Gasteiger partial charge in [-0.15, -0.1) is 10.2 Å². The standard InChI is InChI=1S/C10H13N5O2/c1-15(10-12-9(11)13-14-10)5-6-3-2-4-7(16)8(6)17/h2-4,16-17H,5H2,1H3,(H3,11,12,13,14). The third kappa shape index (κ3) is 2.22. The first kappa shape index (κ1) is 11.1. The van der Waals surface area contributed by atoms with E-state index in [2.05, 4.69) is 15.2 Å². The van der Waals surface area contributed by atoms with Gasteiger partial charge in [-0.25, -0.2) is 0 Å². The molecule has 0 saturated heterocycles. The van der Waals surface area contributed by atoms with E-state index in [9.17, 15) is 10.2 Å². The van der Waals surface area contributed by atoms with Crippen LogP contribution in [0.4, 0.5) is 11.9 Å². The van der Waals surface area contributed by atoms with Gasteiger partial charge in [0.25, 0.3) is 0 Å². The van der Waals surface area contributed by atoms with Gasteiger partial charge in [-0.3, -0.25) is 4.98 Å². The molecule has 0 aliphatic heterocycles. The lowest BCUT2D eigenvalue weighted by atomic mass is 10.2. The van der Waals surface area contributed by atoms with Crippen molar-refractivity contribution in [2.75, 3.05) is 17.7 Å². The second-order valence-corrected chi connectivity index (χ2v) is 3.67. The fourth-order valence-corrected chi connectivity index (χ4v) is 1.47. The van der Waals surface area contributed by atoms with E-state index in [1.807, 2.05) is 0 Å². The highest BCUT2D eigenvalue weighted by atomic mass is 16.3. The Morgan fingerprint density at radius 3 is 2.76 bits per heavy atom. The zero-order chi connectivity index (χ0) is 12.4. The first-order valence-electron chi connectivity index (χ1n) is 4.97. The van der Waals surface area contributed by atoms with Gasteiger partial charge >= 0.3 is 0 Å². The van der Waals surface area contributed by atoms with E-state index in [1.165, 1.54) is 6.07 Å². The lowest BCUT2D eigenvalue weighted by molar-refractivity contribution is 0.399. The fraction of sp³-hybridized carbons (Fsp3) is 0.200. The van der Waals surface area contributed by atoms with Crippen molar-refractivity contribution < 1.29 is 10.2 Å². The molecular formula is C10H13N5O2. The van der Waals surface area contributed by atoms with Gasteiger partial charge in [0.1, 0.15) is 0 Å². The number of para-hydroxylation sites is 1. The zero-order valence-corrected chi connectivity index (χ0v) is 9.25. The van der Waals surface area contributed by atoms with Crippen LogP contribution in [0, 0.1) is 0 Å². The first-order chi connectivity index (χ1) is 8.08. The number of H-pyrrole nitrogens is 1. The molecule has 0 bridgehead atoms. The number of aromatic amines is 1. The number of hydrogen-bond donors (Lipinski definition) is 4. The number of anilines is 2. The molecule has 0 unspecified atom stereocenters. The minimum Gasteiger partial charge on any atom is -0.504 e. The highest BCUT2D eigenvalue weighted by Gasteiger charge is 2.11. The lowest BCUT2D eigenvalue weighted by Crippen LogP contribution is -2.17. The maximum absolute atomic E-state index is 9.65. The molecule has 7 nitrogen and oxygen atoms in total. The number of nitrogens with two attached hydrogens (primary N) is 1. The number of rotatable bonds is 3. The van der Waals surface area contributed by atoms with Gasteiger partial charge in [-0.1, -0.05) is 12.1 Å². The van der Waals surface area contributed by atoms with E-state index in [0.717, 1.165) is 0 Å². The molecule has 0 aliphatic rings. The highest BCUT2D eigenvalue weighted by molar-refractivity contribution is 5.46. The number of phenols is 2. The van der Waals surface area contributed by atoms with Gasteiger partial charge in [-0.2, -0.15) is 0 Å². The monoisotopic (exact) mass is 235 g/mol. The van der Waals surface area contributed by atoms with Gasteiger partial charge < -0.3 is 20.8 Å². The van der Waals surface area contributed by atoms with E-state index < -0.39 is 0 Å². The number of nitrogens with zero attached hydrogens (tertiary/aromatic N) is 3. The van der Waals surface area contributed by atoms with Crippen molar-refractivity contribution in [1.82, 2.24) is 15.2 Å². The Bertz CT molecular complexity index is 525. The smallest absolute Gasteiger partial charge is 0.226 e. The third-order valence-electron chi connectivity index (χ3n) is 2.36. The minimum absolute atomic E-state index is 0.133. The summed E-state index contributed by atoms with van der Waals surface area (Å²) in [6.07, 6.45) is 0. The third-order valence-corrected chi connectivity index (χ3v) is 2.36. The average Bonchev–Trinajstić information content (AvgIpc) is 2.72. The summed E-state index contributed by atoms with van der Waals surface area (Å²) < 4.78 is 0. The van der Waals surface area contributed by atoms with Crippen LogP contribution in [0.3, 0.4) is 0 Å². The van der Waals surface area contributed by atoms with Crippen LogP contribution in [0.2, 0.25) is 0 Å². The van der Waals surface area contributed by atoms with Crippen LogP contribution in [0.25, 0.3) is 0 Å². The van der Waals surface area contributed by atoms with E-state index in [0.29, 0.717) is 18.1 Å². The van der Waals surface area contributed by atoms with Crippen LogP contribution in [0.15, 0.2) is 18.2 Å². The van der Waals surface area contributed by atoms with Crippen LogP contribution in [0.5, 0.6) is 11.5 Å². The Hall–Kier alpha value is -2.44. The van der Waals surface area contributed by atoms with Crippen molar-refractivity contribution in [3.05, 3.63) is 23.8 Å². The van der Waals surface area contributed by atoms with Gasteiger partial charge in [-0.05, 0) is 6.07 Å². The van der Waals surface area contributed by atoms with Crippen LogP contribution >= 0.6 is 0 Å². The van der Waals surface area contributed by atoms with Crippen molar-refractivity contribution in [1.29, 1.82) is 0 Å². The molecule has 1 heterocycles. The van der Waals surface area contributed by atoms with Gasteiger partial charge in [0, 0.05) is 19.2 Å². The van der Waals surface area contributed by atoms with Gasteiger partial charge in [0.2, 0.25) is 11.9 Å². The Labute approximate surface area is 97.5 Å². The molecule has 17 heavy (non-hydrogen) atoms. The molecule has 90 valence electrons. The molecule has 5 N–H and O–H groups in total. The van der Waals surface area contributed by atoms with Crippen LogP contribution in [0.1, 0.15) is 5.56 Å². The quantitative estimate of drug-likeness (QED) is 0.574. The highest BCUT2D eigenvalue weighted by Crippen LogP contribution is 2.29. The predicted molar refractivity (Wildman–Crippen MR) is 62.7 cm³/mol. The van der Waals surface area contributed by atoms with Crippen molar-refractivity contribution in [3.8, 4) is 11.5 Å². The van der Waals surface area contributed by atoms with Crippen LogP contribution in [-0.2, 0) is 6.54 Å². The number of hydrogen-bond acceptors (Lipinski definition) is 6. The zero-order valence-electron chi connectivity index (χ0n) is 9.25. The van der Waals surface area contributed by atoms with E-state index >= 15 is 0 Å². The molecule has 1 aromatic carbocycles. The fourth-order valence-electron chi connectivity index (χ4n) is 1.47. The maximum atomic E-state index is 9.65. The molecule has 2 aromatic rings. The molecule has 0 fully saturated rings. The average molecular weight is 235 g/mol. The number of phenolic OH excluding ortho intramolecular Hbond substituents is 2. The van der Waals surface area contributed by atoms with Crippen molar-refractivity contribution in [2.45, 2.75) is 6.54 Å². The van der Waals surface area contributed by atoms with Crippen LogP contribution in [-0.4, -0.2) is 32.4 Å². The van der Waals surface area contributed by atoms with Gasteiger partial charge in [0.15, 0.2) is 11.5 Å². The Kier molecular flexibility index (Phi) is 2.73. The summed E-state index contributed by atoms with van der Waals surface area (Å²) in [4.78, 5) is 4.49. The van der Waals surface area contributed by atoms with Gasteiger partial charge in [0.05, 0.1) is 0 Å². The number of nitrogen functional groups attached to an aromatic ring is 1. The largest absolute Gasteiger partial charge is 0.504 e. The summed E-state index contributed by atoms with van der Waals surface area (Å²) in [5, 5.41) is 26.5. The van der Waals surface area contributed by atoms with Crippen LogP contribution < -0.4 is 10.6 Å².